The first-order valence-corrected chi connectivity index (χ1v) is 8.91. The molecule has 7 nitrogen and oxygen atoms in total. The summed E-state index contributed by atoms with van der Waals surface area (Å²) in [5.41, 5.74) is 3.71. The fraction of sp³-hybridized carbons (Fsp3) is 0.211. The largest absolute Gasteiger partial charge is 0.497 e. The molecule has 0 bridgehead atoms. The number of para-hydroxylation sites is 1. The van der Waals surface area contributed by atoms with Crippen LogP contribution in [0.5, 0.6) is 11.5 Å². The second-order valence-electron chi connectivity index (χ2n) is 5.43. The van der Waals surface area contributed by atoms with Gasteiger partial charge in [-0.2, -0.15) is 5.10 Å². The van der Waals surface area contributed by atoms with Crippen LogP contribution in [0.15, 0.2) is 52.0 Å². The summed E-state index contributed by atoms with van der Waals surface area (Å²) in [7, 11) is 3.10. The van der Waals surface area contributed by atoms with Crippen molar-refractivity contribution in [2.75, 3.05) is 19.5 Å². The molecular weight excluding hydrogens is 414 g/mol. The molecule has 8 heteroatoms. The molecule has 2 N–H and O–H groups in total. The second kappa shape index (κ2) is 10.3. The van der Waals surface area contributed by atoms with E-state index < -0.39 is 0 Å². The van der Waals surface area contributed by atoms with E-state index in [0.717, 1.165) is 4.47 Å². The smallest absolute Gasteiger partial charge is 0.240 e. The number of anilines is 1. The number of hydrazone groups is 1. The molecule has 0 aliphatic heterocycles. The van der Waals surface area contributed by atoms with E-state index >= 15 is 0 Å². The Hall–Kier alpha value is -2.87. The minimum absolute atomic E-state index is 0.0167. The molecule has 0 unspecified atom stereocenters. The first kappa shape index (κ1) is 20.4. The van der Waals surface area contributed by atoms with Crippen LogP contribution in [0.1, 0.15) is 18.4 Å². The fourth-order valence-electron chi connectivity index (χ4n) is 2.17. The van der Waals surface area contributed by atoms with Gasteiger partial charge in [-0.1, -0.05) is 12.1 Å². The van der Waals surface area contributed by atoms with Gasteiger partial charge >= 0.3 is 0 Å². The van der Waals surface area contributed by atoms with Crippen LogP contribution in [-0.4, -0.2) is 32.2 Å². The maximum atomic E-state index is 11.9. The number of methoxy groups -OCH3 is 2. The average molecular weight is 434 g/mol. The number of ether oxygens (including phenoxy) is 2. The summed E-state index contributed by atoms with van der Waals surface area (Å²) in [6.07, 6.45) is 1.52. The number of halogens is 1. The summed E-state index contributed by atoms with van der Waals surface area (Å²) in [4.78, 5) is 23.8. The highest BCUT2D eigenvalue weighted by molar-refractivity contribution is 9.10. The van der Waals surface area contributed by atoms with Gasteiger partial charge in [0.1, 0.15) is 11.5 Å². The van der Waals surface area contributed by atoms with Gasteiger partial charge < -0.3 is 14.8 Å². The van der Waals surface area contributed by atoms with Crippen molar-refractivity contribution in [1.82, 2.24) is 5.43 Å². The highest BCUT2D eigenvalue weighted by Crippen LogP contribution is 2.22. The molecule has 0 saturated heterocycles. The molecule has 2 amide bonds. The molecule has 2 aromatic carbocycles. The van der Waals surface area contributed by atoms with Crippen LogP contribution in [0.3, 0.4) is 0 Å². The third-order valence-electron chi connectivity index (χ3n) is 3.56. The molecule has 0 radical (unpaired) electrons. The maximum absolute atomic E-state index is 11.9. The number of benzene rings is 2. The van der Waals surface area contributed by atoms with Gasteiger partial charge in [-0.15, -0.1) is 0 Å². The highest BCUT2D eigenvalue weighted by Gasteiger charge is 2.08. The van der Waals surface area contributed by atoms with Crippen molar-refractivity contribution in [3.8, 4) is 11.5 Å². The van der Waals surface area contributed by atoms with Gasteiger partial charge in [-0.25, -0.2) is 5.43 Å². The van der Waals surface area contributed by atoms with Crippen LogP contribution >= 0.6 is 15.9 Å². The lowest BCUT2D eigenvalue weighted by Gasteiger charge is -2.07. The van der Waals surface area contributed by atoms with Gasteiger partial charge in [0.15, 0.2) is 0 Å². The van der Waals surface area contributed by atoms with Gasteiger partial charge in [0.25, 0.3) is 0 Å². The molecule has 0 spiro atoms. The molecule has 27 heavy (non-hydrogen) atoms. The second-order valence-corrected chi connectivity index (χ2v) is 6.28. The molecule has 0 saturated carbocycles. The number of rotatable bonds is 8. The SMILES string of the molecule is COc1ccc(OC)c(/C=N\NC(=O)CCC(=O)Nc2ccccc2Br)c1. The molecule has 0 heterocycles. The summed E-state index contributed by atoms with van der Waals surface area (Å²) in [6.45, 7) is 0. The number of amides is 2. The number of nitrogens with one attached hydrogen (secondary N) is 2. The molecule has 0 fully saturated rings. The van der Waals surface area contributed by atoms with Gasteiger partial charge in [-0.3, -0.25) is 9.59 Å². The minimum atomic E-state index is -0.365. The highest BCUT2D eigenvalue weighted by atomic mass is 79.9. The predicted octanol–water partition coefficient (Wildman–Crippen LogP) is 3.34. The standard InChI is InChI=1S/C19H20BrN3O4/c1-26-14-7-8-17(27-2)13(11-14)12-21-23-19(25)10-9-18(24)22-16-6-4-3-5-15(16)20/h3-8,11-12H,9-10H2,1-2H3,(H,22,24)(H,23,25)/b21-12-. The number of hydrogen-bond acceptors (Lipinski definition) is 5. The van der Waals surface area contributed by atoms with Gasteiger partial charge in [0.2, 0.25) is 11.8 Å². The monoisotopic (exact) mass is 433 g/mol. The van der Waals surface area contributed by atoms with Crippen LogP contribution in [-0.2, 0) is 9.59 Å². The van der Waals surface area contributed by atoms with Crippen LogP contribution < -0.4 is 20.2 Å². The van der Waals surface area contributed by atoms with E-state index in [1.54, 1.807) is 38.5 Å². The fourth-order valence-corrected chi connectivity index (χ4v) is 2.56. The zero-order chi connectivity index (χ0) is 19.6. The van der Waals surface area contributed by atoms with Crippen molar-refractivity contribution < 1.29 is 19.1 Å². The summed E-state index contributed by atoms with van der Waals surface area (Å²) < 4.78 is 11.2. The summed E-state index contributed by atoms with van der Waals surface area (Å²) in [6, 6.07) is 12.5. The van der Waals surface area contributed by atoms with Crippen LogP contribution in [0.2, 0.25) is 0 Å². The van der Waals surface area contributed by atoms with E-state index in [-0.39, 0.29) is 24.7 Å². The Morgan fingerprint density at radius 1 is 1.07 bits per heavy atom. The van der Waals surface area contributed by atoms with Crippen LogP contribution in [0.25, 0.3) is 0 Å². The Bertz CT molecular complexity index is 839. The molecule has 0 aromatic heterocycles. The molecular formula is C19H20BrN3O4. The van der Waals surface area contributed by atoms with E-state index in [9.17, 15) is 9.59 Å². The Morgan fingerprint density at radius 3 is 2.52 bits per heavy atom. The van der Waals surface area contributed by atoms with Crippen molar-refractivity contribution >= 4 is 39.6 Å². The summed E-state index contributed by atoms with van der Waals surface area (Å²) >= 11 is 3.35. The lowest BCUT2D eigenvalue weighted by Crippen LogP contribution is -2.20. The lowest BCUT2D eigenvalue weighted by molar-refractivity contribution is -0.124. The van der Waals surface area contributed by atoms with E-state index in [4.69, 9.17) is 9.47 Å². The Kier molecular flexibility index (Phi) is 7.81. The van der Waals surface area contributed by atoms with Crippen molar-refractivity contribution in [3.63, 3.8) is 0 Å². The predicted molar refractivity (Wildman–Crippen MR) is 107 cm³/mol. The maximum Gasteiger partial charge on any atom is 0.240 e. The van der Waals surface area contributed by atoms with Crippen LogP contribution in [0, 0.1) is 0 Å². The zero-order valence-electron chi connectivity index (χ0n) is 15.0. The molecule has 0 atom stereocenters. The lowest BCUT2D eigenvalue weighted by atomic mass is 10.2. The zero-order valence-corrected chi connectivity index (χ0v) is 16.6. The molecule has 2 rings (SSSR count). The molecule has 0 aliphatic carbocycles. The molecule has 0 aliphatic rings. The van der Waals surface area contributed by atoms with E-state index in [1.165, 1.54) is 6.21 Å². The Balaban J connectivity index is 1.83. The van der Waals surface area contributed by atoms with Crippen molar-refractivity contribution in [2.24, 2.45) is 5.10 Å². The molecule has 2 aromatic rings. The topological polar surface area (TPSA) is 89.0 Å². The van der Waals surface area contributed by atoms with Crippen LogP contribution in [0.4, 0.5) is 5.69 Å². The normalized spacial score (nSPS) is 10.5. The quantitative estimate of drug-likeness (QED) is 0.493. The Morgan fingerprint density at radius 2 is 1.81 bits per heavy atom. The van der Waals surface area contributed by atoms with Crippen molar-refractivity contribution in [1.29, 1.82) is 0 Å². The summed E-state index contributed by atoms with van der Waals surface area (Å²) in [5.74, 6) is 0.625. The third-order valence-corrected chi connectivity index (χ3v) is 4.25. The number of hydrogen-bond donors (Lipinski definition) is 2. The van der Waals surface area contributed by atoms with E-state index in [1.807, 2.05) is 18.2 Å². The minimum Gasteiger partial charge on any atom is -0.497 e. The molecule has 142 valence electrons. The third kappa shape index (κ3) is 6.41. The summed E-state index contributed by atoms with van der Waals surface area (Å²) in [5, 5.41) is 6.64. The number of carbonyl (C=O) groups excluding carboxylic acids is 2. The van der Waals surface area contributed by atoms with Crippen molar-refractivity contribution in [3.05, 3.63) is 52.5 Å². The first-order valence-electron chi connectivity index (χ1n) is 8.11. The van der Waals surface area contributed by atoms with Gasteiger partial charge in [0, 0.05) is 22.9 Å². The van der Waals surface area contributed by atoms with E-state index in [2.05, 4.69) is 31.8 Å². The average Bonchev–Trinajstić information content (AvgIpc) is 2.68. The Labute approximate surface area is 165 Å². The number of carbonyl (C=O) groups is 2. The van der Waals surface area contributed by atoms with Gasteiger partial charge in [0.05, 0.1) is 26.1 Å². The van der Waals surface area contributed by atoms with Crippen molar-refractivity contribution in [2.45, 2.75) is 12.8 Å². The van der Waals surface area contributed by atoms with Gasteiger partial charge in [-0.05, 0) is 46.3 Å². The van der Waals surface area contributed by atoms with E-state index in [0.29, 0.717) is 22.7 Å². The first-order chi connectivity index (χ1) is 13.0. The number of nitrogens with zero attached hydrogens (tertiary/aromatic N) is 1.